The molecule has 7 heteroatoms. The Morgan fingerprint density at radius 1 is 1.19 bits per heavy atom. The second-order valence-electron chi connectivity index (χ2n) is 5.41. The van der Waals surface area contributed by atoms with Gasteiger partial charge in [0.05, 0.1) is 7.11 Å². The number of nitrogens with zero attached hydrogens (tertiary/aromatic N) is 1. The van der Waals surface area contributed by atoms with Crippen LogP contribution in [-0.2, 0) is 11.3 Å². The molecule has 0 N–H and O–H groups in total. The minimum atomic E-state index is -3.02. The number of amides is 1. The molecule has 0 aliphatic rings. The summed E-state index contributed by atoms with van der Waals surface area (Å²) in [4.78, 5) is 13.6. The highest BCUT2D eigenvalue weighted by Crippen LogP contribution is 2.33. The van der Waals surface area contributed by atoms with Gasteiger partial charge in [0, 0.05) is 25.2 Å². The van der Waals surface area contributed by atoms with Crippen LogP contribution in [0.2, 0.25) is 0 Å². The highest BCUT2D eigenvalue weighted by molar-refractivity contribution is 5.92. The van der Waals surface area contributed by atoms with Gasteiger partial charge in [-0.1, -0.05) is 24.3 Å². The van der Waals surface area contributed by atoms with Crippen LogP contribution in [0.15, 0.2) is 48.5 Å². The summed E-state index contributed by atoms with van der Waals surface area (Å²) in [6.07, 6.45) is 2.63. The lowest BCUT2D eigenvalue weighted by atomic mass is 10.1. The average Bonchev–Trinajstić information content (AvgIpc) is 2.61. The molecule has 0 saturated carbocycles. The van der Waals surface area contributed by atoms with Gasteiger partial charge in [0.2, 0.25) is 5.91 Å². The number of ether oxygens (including phenoxy) is 2. The van der Waals surface area contributed by atoms with Crippen LogP contribution in [0.25, 0.3) is 6.08 Å². The van der Waals surface area contributed by atoms with Crippen LogP contribution in [0.3, 0.4) is 0 Å². The predicted octanol–water partition coefficient (Wildman–Crippen LogP) is 4.11. The molecule has 1 amide bonds. The van der Waals surface area contributed by atoms with Gasteiger partial charge in [-0.2, -0.15) is 8.78 Å². The summed E-state index contributed by atoms with van der Waals surface area (Å²) < 4.78 is 47.6. The van der Waals surface area contributed by atoms with Crippen molar-refractivity contribution in [3.63, 3.8) is 0 Å². The largest absolute Gasteiger partial charge is 0.493 e. The predicted molar refractivity (Wildman–Crippen MR) is 91.5 cm³/mol. The number of halogens is 3. The maximum atomic E-state index is 12.9. The number of methoxy groups -OCH3 is 1. The van der Waals surface area contributed by atoms with Crippen molar-refractivity contribution in [1.82, 2.24) is 4.90 Å². The molecule has 0 bridgehead atoms. The molecule has 0 saturated heterocycles. The van der Waals surface area contributed by atoms with Gasteiger partial charge in [0.25, 0.3) is 0 Å². The molecule has 4 nitrogen and oxygen atoms in total. The number of likely N-dealkylation sites (N-methyl/N-ethyl adjacent to an activating group) is 1. The Morgan fingerprint density at radius 2 is 1.88 bits per heavy atom. The van der Waals surface area contributed by atoms with E-state index in [4.69, 9.17) is 4.74 Å². The first-order valence-electron chi connectivity index (χ1n) is 7.70. The van der Waals surface area contributed by atoms with Crippen molar-refractivity contribution in [2.24, 2.45) is 0 Å². The molecule has 2 rings (SSSR count). The van der Waals surface area contributed by atoms with Gasteiger partial charge in [0.15, 0.2) is 11.5 Å². The second-order valence-corrected chi connectivity index (χ2v) is 5.41. The number of carbonyl (C=O) groups is 1. The zero-order chi connectivity index (χ0) is 19.1. The molecule has 0 aromatic heterocycles. The van der Waals surface area contributed by atoms with Gasteiger partial charge in [-0.25, -0.2) is 4.39 Å². The highest BCUT2D eigenvalue weighted by atomic mass is 19.3. The van der Waals surface area contributed by atoms with E-state index in [1.807, 2.05) is 0 Å². The van der Waals surface area contributed by atoms with Gasteiger partial charge in [-0.3, -0.25) is 4.79 Å². The van der Waals surface area contributed by atoms with E-state index in [0.717, 1.165) is 5.56 Å². The molecular formula is C19H18F3NO3. The molecule has 0 aliphatic heterocycles. The fourth-order valence-corrected chi connectivity index (χ4v) is 2.27. The van der Waals surface area contributed by atoms with Crippen LogP contribution in [0, 0.1) is 5.82 Å². The summed E-state index contributed by atoms with van der Waals surface area (Å²) in [6.45, 7) is -2.74. The van der Waals surface area contributed by atoms with E-state index in [9.17, 15) is 18.0 Å². The molecule has 2 aromatic carbocycles. The van der Waals surface area contributed by atoms with Crippen molar-refractivity contribution in [3.05, 3.63) is 65.5 Å². The Hall–Kier alpha value is -2.96. The third-order valence-electron chi connectivity index (χ3n) is 3.55. The highest BCUT2D eigenvalue weighted by Gasteiger charge is 2.14. The molecule has 0 aliphatic carbocycles. The van der Waals surface area contributed by atoms with Crippen LogP contribution in [-0.4, -0.2) is 31.6 Å². The van der Waals surface area contributed by atoms with Gasteiger partial charge < -0.3 is 14.4 Å². The lowest BCUT2D eigenvalue weighted by molar-refractivity contribution is -0.125. The van der Waals surface area contributed by atoms with Gasteiger partial charge in [-0.05, 0) is 29.8 Å². The first kappa shape index (κ1) is 19.4. The normalized spacial score (nSPS) is 11.0. The number of carbonyl (C=O) groups excluding carboxylic acids is 1. The minimum absolute atomic E-state index is 0.138. The Bertz CT molecular complexity index is 776. The van der Waals surface area contributed by atoms with Crippen molar-refractivity contribution in [3.8, 4) is 11.5 Å². The zero-order valence-corrected chi connectivity index (χ0v) is 14.3. The van der Waals surface area contributed by atoms with E-state index in [0.29, 0.717) is 0 Å². The van der Waals surface area contributed by atoms with E-state index in [-0.39, 0.29) is 35.3 Å². The molecule has 0 fully saturated rings. The molecule has 138 valence electrons. The monoisotopic (exact) mass is 365 g/mol. The molecule has 2 aromatic rings. The molecule has 0 heterocycles. The minimum Gasteiger partial charge on any atom is -0.493 e. The van der Waals surface area contributed by atoms with Gasteiger partial charge in [0.1, 0.15) is 5.82 Å². The molecule has 0 spiro atoms. The first-order chi connectivity index (χ1) is 12.4. The number of rotatable bonds is 7. The average molecular weight is 365 g/mol. The quantitative estimate of drug-likeness (QED) is 0.693. The third kappa shape index (κ3) is 5.27. The summed E-state index contributed by atoms with van der Waals surface area (Å²) in [5, 5.41) is 0. The van der Waals surface area contributed by atoms with Crippen molar-refractivity contribution in [1.29, 1.82) is 0 Å². The molecule has 26 heavy (non-hydrogen) atoms. The number of benzene rings is 2. The van der Waals surface area contributed by atoms with Gasteiger partial charge >= 0.3 is 6.61 Å². The van der Waals surface area contributed by atoms with Gasteiger partial charge in [-0.15, -0.1) is 0 Å². The standard InChI is InChI=1S/C19H18F3NO3/c1-23(12-13-6-9-15(20)10-7-13)17(24)11-8-14-4-3-5-16(25-2)18(14)26-19(21)22/h3-11,19H,12H2,1-2H3. The van der Waals surface area contributed by atoms with E-state index >= 15 is 0 Å². The van der Waals surface area contributed by atoms with Crippen LogP contribution < -0.4 is 9.47 Å². The SMILES string of the molecule is COc1cccc(C=CC(=O)N(C)Cc2ccc(F)cc2)c1OC(F)F. The number of para-hydroxylation sites is 1. The van der Waals surface area contributed by atoms with Crippen LogP contribution >= 0.6 is 0 Å². The van der Waals surface area contributed by atoms with E-state index in [2.05, 4.69) is 4.74 Å². The lowest BCUT2D eigenvalue weighted by Crippen LogP contribution is -2.24. The summed E-state index contributed by atoms with van der Waals surface area (Å²) in [6, 6.07) is 10.4. The number of alkyl halides is 2. The molecule has 0 unspecified atom stereocenters. The Labute approximate surface area is 149 Å². The maximum Gasteiger partial charge on any atom is 0.387 e. The summed E-state index contributed by atoms with van der Waals surface area (Å²) in [5.74, 6) is -0.706. The zero-order valence-electron chi connectivity index (χ0n) is 14.3. The Kier molecular flexibility index (Phi) is 6.66. The third-order valence-corrected chi connectivity index (χ3v) is 3.55. The second kappa shape index (κ2) is 8.94. The maximum absolute atomic E-state index is 12.9. The smallest absolute Gasteiger partial charge is 0.387 e. The van der Waals surface area contributed by atoms with Crippen LogP contribution in [0.1, 0.15) is 11.1 Å². The molecular weight excluding hydrogens is 347 g/mol. The van der Waals surface area contributed by atoms with Crippen molar-refractivity contribution < 1.29 is 27.4 Å². The van der Waals surface area contributed by atoms with Crippen LogP contribution in [0.5, 0.6) is 11.5 Å². The summed E-state index contributed by atoms with van der Waals surface area (Å²) in [7, 11) is 2.92. The van der Waals surface area contributed by atoms with E-state index in [1.54, 1.807) is 25.2 Å². The summed E-state index contributed by atoms with van der Waals surface area (Å²) in [5.41, 5.74) is 1.05. The lowest BCUT2D eigenvalue weighted by Gasteiger charge is -2.15. The number of hydrogen-bond acceptors (Lipinski definition) is 3. The van der Waals surface area contributed by atoms with Crippen molar-refractivity contribution in [2.75, 3.05) is 14.2 Å². The van der Waals surface area contributed by atoms with E-state index in [1.165, 1.54) is 48.4 Å². The van der Waals surface area contributed by atoms with Crippen molar-refractivity contribution in [2.45, 2.75) is 13.2 Å². The Balaban J connectivity index is 2.12. The van der Waals surface area contributed by atoms with Crippen LogP contribution in [0.4, 0.5) is 13.2 Å². The molecule has 0 radical (unpaired) electrons. The van der Waals surface area contributed by atoms with E-state index < -0.39 is 6.61 Å². The summed E-state index contributed by atoms with van der Waals surface area (Å²) >= 11 is 0. The first-order valence-corrected chi connectivity index (χ1v) is 7.70. The fraction of sp³-hybridized carbons (Fsp3) is 0.211. The van der Waals surface area contributed by atoms with Crippen molar-refractivity contribution >= 4 is 12.0 Å². The fourth-order valence-electron chi connectivity index (χ4n) is 2.27. The topological polar surface area (TPSA) is 38.8 Å². The molecule has 0 atom stereocenters. The Morgan fingerprint density at radius 3 is 2.50 bits per heavy atom. The number of hydrogen-bond donors (Lipinski definition) is 0.